The summed E-state index contributed by atoms with van der Waals surface area (Å²) in [6.45, 7) is 0. The smallest absolute Gasteiger partial charge is 0.103 e. The van der Waals surface area contributed by atoms with Crippen molar-refractivity contribution in [3.05, 3.63) is 18.7 Å². The minimum Gasteiger partial charge on any atom is -0.279 e. The third kappa shape index (κ3) is 0.707. The quantitative estimate of drug-likeness (QED) is 0.565. The fraction of sp³-hybridized carbons (Fsp3) is 0. The molecule has 1 heterocycles. The lowest BCUT2D eigenvalue weighted by atomic mass is 11.0. The van der Waals surface area contributed by atoms with E-state index >= 15 is 0 Å². The molecular formula is C3H3IN2. The van der Waals surface area contributed by atoms with Crippen LogP contribution in [0.25, 0.3) is 0 Å². The van der Waals surface area contributed by atoms with Crippen LogP contribution in [0.3, 0.4) is 0 Å². The molecule has 2 nitrogen and oxygen atoms in total. The molecule has 0 aliphatic rings. The first-order valence-electron chi connectivity index (χ1n) is 1.54. The van der Waals surface area contributed by atoms with E-state index in [0.717, 1.165) is 0 Å². The molecule has 6 heavy (non-hydrogen) atoms. The van der Waals surface area contributed by atoms with Gasteiger partial charge in [-0.25, -0.2) is 4.98 Å². The molecule has 0 unspecified atom stereocenters. The molecule has 0 aromatic carbocycles. The summed E-state index contributed by atoms with van der Waals surface area (Å²) in [5.41, 5.74) is 0. The fourth-order valence-corrected chi connectivity index (χ4v) is 0.531. The van der Waals surface area contributed by atoms with Crippen LogP contribution in [-0.2, 0) is 0 Å². The Labute approximate surface area is 49.7 Å². The van der Waals surface area contributed by atoms with Crippen molar-refractivity contribution in [2.45, 2.75) is 0 Å². The Morgan fingerprint density at radius 1 is 1.67 bits per heavy atom. The maximum Gasteiger partial charge on any atom is 0.103 e. The van der Waals surface area contributed by atoms with Gasteiger partial charge < -0.3 is 0 Å². The van der Waals surface area contributed by atoms with Crippen molar-refractivity contribution >= 4 is 22.9 Å². The number of nitrogens with zero attached hydrogens (tertiary/aromatic N) is 2. The molecule has 0 amide bonds. The number of imidazole rings is 1. The lowest BCUT2D eigenvalue weighted by molar-refractivity contribution is 1.28. The van der Waals surface area contributed by atoms with Crippen molar-refractivity contribution in [1.29, 1.82) is 0 Å². The third-order valence-corrected chi connectivity index (χ3v) is 1.04. The standard InChI is InChI=1S/C3H3IN2/c4-6-2-1-5-3-6/h1-3H. The minimum atomic E-state index is 1.74. The average Bonchev–Trinajstić information content (AvgIpc) is 1.86. The van der Waals surface area contributed by atoms with Crippen molar-refractivity contribution < 1.29 is 0 Å². The molecule has 0 spiro atoms. The normalized spacial score (nSPS) is 8.83. The lowest BCUT2D eigenvalue weighted by Crippen LogP contribution is -1.62. The molecule has 0 atom stereocenters. The Balaban J connectivity index is 3.05. The molecule has 0 saturated carbocycles. The predicted octanol–water partition coefficient (Wildman–Crippen LogP) is 1.08. The van der Waals surface area contributed by atoms with Crippen LogP contribution < -0.4 is 0 Å². The summed E-state index contributed by atoms with van der Waals surface area (Å²) in [6.07, 6.45) is 5.35. The van der Waals surface area contributed by atoms with Gasteiger partial charge in [0.1, 0.15) is 6.33 Å². The van der Waals surface area contributed by atoms with Crippen LogP contribution in [0.1, 0.15) is 0 Å². The lowest BCUT2D eigenvalue weighted by Gasteiger charge is -1.72. The number of halogens is 1. The van der Waals surface area contributed by atoms with Gasteiger partial charge in [0.05, 0.1) is 22.9 Å². The van der Waals surface area contributed by atoms with Crippen molar-refractivity contribution in [3.63, 3.8) is 0 Å². The molecule has 1 aromatic heterocycles. The van der Waals surface area contributed by atoms with Crippen LogP contribution in [0.15, 0.2) is 18.7 Å². The molecule has 1 rings (SSSR count). The molecule has 0 fully saturated rings. The van der Waals surface area contributed by atoms with Gasteiger partial charge >= 0.3 is 0 Å². The van der Waals surface area contributed by atoms with E-state index in [9.17, 15) is 0 Å². The van der Waals surface area contributed by atoms with E-state index in [1.807, 2.05) is 8.98 Å². The van der Waals surface area contributed by atoms with Crippen LogP contribution >= 0.6 is 22.9 Å². The summed E-state index contributed by atoms with van der Waals surface area (Å²) in [5.74, 6) is 0. The Morgan fingerprint density at radius 2 is 2.50 bits per heavy atom. The minimum absolute atomic E-state index is 1.74. The maximum absolute atomic E-state index is 3.78. The zero-order valence-electron chi connectivity index (χ0n) is 3.00. The molecule has 0 saturated heterocycles. The molecule has 0 radical (unpaired) electrons. The van der Waals surface area contributed by atoms with Gasteiger partial charge in [-0.3, -0.25) is 2.78 Å². The van der Waals surface area contributed by atoms with Crippen LogP contribution in [0.2, 0.25) is 0 Å². The Hall–Kier alpha value is -0.0600. The topological polar surface area (TPSA) is 17.8 Å². The van der Waals surface area contributed by atoms with E-state index in [-0.39, 0.29) is 0 Å². The second kappa shape index (κ2) is 1.59. The molecule has 0 aliphatic heterocycles. The van der Waals surface area contributed by atoms with E-state index < -0.39 is 0 Å². The molecular weight excluding hydrogens is 191 g/mol. The van der Waals surface area contributed by atoms with Gasteiger partial charge in [-0.05, 0) is 0 Å². The van der Waals surface area contributed by atoms with E-state index in [0.29, 0.717) is 0 Å². The largest absolute Gasteiger partial charge is 0.279 e. The van der Waals surface area contributed by atoms with Crippen LogP contribution in [0, 0.1) is 0 Å². The Morgan fingerprint density at radius 3 is 2.67 bits per heavy atom. The molecule has 3 heteroatoms. The maximum atomic E-state index is 3.78. The average molecular weight is 194 g/mol. The Kier molecular flexibility index (Phi) is 1.09. The summed E-state index contributed by atoms with van der Waals surface area (Å²) in [7, 11) is 0. The van der Waals surface area contributed by atoms with Crippen molar-refractivity contribution in [2.24, 2.45) is 0 Å². The molecule has 0 aliphatic carbocycles. The fourth-order valence-electron chi connectivity index (χ4n) is 0.243. The second-order valence-electron chi connectivity index (χ2n) is 0.907. The Bertz CT molecular complexity index is 112. The number of aromatic nitrogens is 2. The summed E-state index contributed by atoms with van der Waals surface area (Å²) in [6, 6.07) is 0. The van der Waals surface area contributed by atoms with Crippen molar-refractivity contribution in [2.75, 3.05) is 0 Å². The summed E-state index contributed by atoms with van der Waals surface area (Å²) in [4.78, 5) is 3.78. The van der Waals surface area contributed by atoms with Gasteiger partial charge in [0.2, 0.25) is 0 Å². The monoisotopic (exact) mass is 194 g/mol. The van der Waals surface area contributed by atoms with Crippen molar-refractivity contribution in [1.82, 2.24) is 7.76 Å². The third-order valence-electron chi connectivity index (χ3n) is 0.472. The highest BCUT2D eigenvalue weighted by atomic mass is 127. The molecule has 0 N–H and O–H groups in total. The number of hydrogen-bond donors (Lipinski definition) is 0. The molecule has 32 valence electrons. The molecule has 1 aromatic rings. The van der Waals surface area contributed by atoms with Gasteiger partial charge in [0.15, 0.2) is 0 Å². The van der Waals surface area contributed by atoms with E-state index in [1.165, 1.54) is 0 Å². The molecule has 0 bridgehead atoms. The zero-order chi connectivity index (χ0) is 4.41. The van der Waals surface area contributed by atoms with Gasteiger partial charge in [-0.15, -0.1) is 0 Å². The first kappa shape index (κ1) is 4.11. The zero-order valence-corrected chi connectivity index (χ0v) is 5.16. The first-order chi connectivity index (χ1) is 2.89. The highest BCUT2D eigenvalue weighted by molar-refractivity contribution is 14.1. The highest BCUT2D eigenvalue weighted by Gasteiger charge is 1.71. The van der Waals surface area contributed by atoms with Gasteiger partial charge in [-0.2, -0.15) is 0 Å². The summed E-state index contributed by atoms with van der Waals surface area (Å²) in [5, 5.41) is 0. The van der Waals surface area contributed by atoms with Crippen LogP contribution in [0.5, 0.6) is 0 Å². The van der Waals surface area contributed by atoms with Gasteiger partial charge in [0.25, 0.3) is 0 Å². The van der Waals surface area contributed by atoms with Gasteiger partial charge in [0, 0.05) is 12.4 Å². The SMILES string of the molecule is In1ccnc1. The first-order valence-corrected chi connectivity index (χ1v) is 2.50. The number of rotatable bonds is 0. The van der Waals surface area contributed by atoms with Gasteiger partial charge in [-0.1, -0.05) is 0 Å². The van der Waals surface area contributed by atoms with Crippen molar-refractivity contribution in [3.8, 4) is 0 Å². The summed E-state index contributed by atoms with van der Waals surface area (Å²) < 4.78 is 1.86. The van der Waals surface area contributed by atoms with Crippen LogP contribution in [0.4, 0.5) is 0 Å². The van der Waals surface area contributed by atoms with E-state index in [4.69, 9.17) is 0 Å². The number of hydrogen-bond acceptors (Lipinski definition) is 1. The highest BCUT2D eigenvalue weighted by Crippen LogP contribution is 1.88. The van der Waals surface area contributed by atoms with Crippen LogP contribution in [-0.4, -0.2) is 7.76 Å². The van der Waals surface area contributed by atoms with E-state index in [1.54, 1.807) is 12.5 Å². The summed E-state index contributed by atoms with van der Waals surface area (Å²) >= 11 is 2.13. The second-order valence-corrected chi connectivity index (χ2v) is 2.02. The predicted molar refractivity (Wildman–Crippen MR) is 31.6 cm³/mol. The van der Waals surface area contributed by atoms with E-state index in [2.05, 4.69) is 27.8 Å².